The van der Waals surface area contributed by atoms with Crippen LogP contribution in [0.25, 0.3) is 0 Å². The Kier molecular flexibility index (Phi) is 7.73. The second kappa shape index (κ2) is 10.4. The summed E-state index contributed by atoms with van der Waals surface area (Å²) < 4.78 is -3.87. The van der Waals surface area contributed by atoms with Crippen molar-refractivity contribution in [3.63, 3.8) is 0 Å². The molecule has 0 nitrogen and oxygen atoms in total. The Morgan fingerprint density at radius 3 is 1.47 bits per heavy atom. The normalized spacial score (nSPS) is 27.6. The van der Waals surface area contributed by atoms with Gasteiger partial charge in [-0.3, -0.25) is 0 Å². The standard InChI is InChI=1S/C24H20P2S6/c27-25(21-11-3-4-12-21)29-17-19-9-1-2-10-20(19)18-30-26(28,22-13-5-6-14-22)32-24-16-8-7-15-23(24)31-25/h1-16H,17-18H2/t25-,26-/m0/s1. The van der Waals surface area contributed by atoms with Gasteiger partial charge in [-0.25, -0.2) is 0 Å². The molecule has 2 aromatic rings. The van der Waals surface area contributed by atoms with Crippen molar-refractivity contribution in [1.82, 2.24) is 0 Å². The summed E-state index contributed by atoms with van der Waals surface area (Å²) >= 11 is 20.6. The van der Waals surface area contributed by atoms with Gasteiger partial charge in [0.05, 0.1) is 8.88 Å². The Morgan fingerprint density at radius 1 is 0.625 bits per heavy atom. The number of benzene rings is 2. The molecule has 0 N–H and O–H groups in total. The Morgan fingerprint density at radius 2 is 1.06 bits per heavy atom. The zero-order chi connectivity index (χ0) is 22.0. The van der Waals surface area contributed by atoms with Crippen LogP contribution >= 0.6 is 54.4 Å². The third kappa shape index (κ3) is 5.19. The maximum Gasteiger partial charge on any atom is 0.0896 e. The average molecular weight is 563 g/mol. The maximum absolute atomic E-state index is 6.45. The Labute approximate surface area is 217 Å². The topological polar surface area (TPSA) is 0 Å². The van der Waals surface area contributed by atoms with Crippen molar-refractivity contribution >= 4 is 78.0 Å². The minimum atomic E-state index is -1.93. The van der Waals surface area contributed by atoms with E-state index in [2.05, 4.69) is 97.8 Å². The number of rotatable bonds is 2. The number of allylic oxidation sites excluding steroid dienone is 8. The zero-order valence-corrected chi connectivity index (χ0v) is 23.7. The van der Waals surface area contributed by atoms with E-state index < -0.39 is 8.88 Å². The SMILES string of the molecule is S=[P@@]1(C2=C[CH]C=C2)SCc2ccccc2CS[P@@](=S)(C2=C[CH]C=C2)Sc2ccccc2S1. The first-order valence-electron chi connectivity index (χ1n) is 10.0. The average Bonchev–Trinajstić information content (AvgIpc) is 3.53. The quantitative estimate of drug-likeness (QED) is 0.332. The molecular weight excluding hydrogens is 543 g/mol. The highest BCUT2D eigenvalue weighted by Gasteiger charge is 2.30. The first-order valence-corrected chi connectivity index (χ1v) is 21.7. The summed E-state index contributed by atoms with van der Waals surface area (Å²) in [5.41, 5.74) is 2.77. The van der Waals surface area contributed by atoms with Crippen LogP contribution in [0.4, 0.5) is 0 Å². The molecule has 5 rings (SSSR count). The van der Waals surface area contributed by atoms with E-state index in [1.165, 1.54) is 31.5 Å². The molecule has 1 heterocycles. The number of hydrogen-bond acceptors (Lipinski definition) is 6. The number of hydrogen-bond donors (Lipinski definition) is 0. The summed E-state index contributed by atoms with van der Waals surface area (Å²) in [6, 6.07) is 17.5. The van der Waals surface area contributed by atoms with Crippen LogP contribution in [0, 0.1) is 12.8 Å². The second-order valence-corrected chi connectivity index (χ2v) is 29.3. The molecule has 32 heavy (non-hydrogen) atoms. The van der Waals surface area contributed by atoms with Gasteiger partial charge in [-0.15, -0.1) is 22.8 Å². The van der Waals surface area contributed by atoms with Crippen molar-refractivity contribution < 1.29 is 0 Å². The molecule has 1 aliphatic heterocycles. The molecule has 162 valence electrons. The van der Waals surface area contributed by atoms with Gasteiger partial charge in [-0.2, -0.15) is 0 Å². The highest BCUT2D eigenvalue weighted by Crippen LogP contribution is 2.82. The zero-order valence-electron chi connectivity index (χ0n) is 17.0. The summed E-state index contributed by atoms with van der Waals surface area (Å²) in [4.78, 5) is 2.54. The van der Waals surface area contributed by atoms with Gasteiger partial charge in [0.25, 0.3) is 0 Å². The van der Waals surface area contributed by atoms with E-state index in [1.54, 1.807) is 0 Å². The van der Waals surface area contributed by atoms with Gasteiger partial charge >= 0.3 is 0 Å². The van der Waals surface area contributed by atoms with Gasteiger partial charge in [0.1, 0.15) is 0 Å². The Bertz CT molecular complexity index is 1160. The van der Waals surface area contributed by atoms with Crippen LogP contribution in [0.3, 0.4) is 0 Å². The molecule has 0 saturated carbocycles. The maximum atomic E-state index is 6.45. The predicted molar refractivity (Wildman–Crippen MR) is 159 cm³/mol. The van der Waals surface area contributed by atoms with E-state index in [4.69, 9.17) is 23.6 Å². The molecule has 2 radical (unpaired) electrons. The first kappa shape index (κ1) is 23.8. The van der Waals surface area contributed by atoms with Crippen LogP contribution in [-0.4, -0.2) is 0 Å². The van der Waals surface area contributed by atoms with Gasteiger partial charge in [-0.1, -0.05) is 119 Å². The first-order chi connectivity index (χ1) is 15.6. The van der Waals surface area contributed by atoms with Crippen molar-refractivity contribution in [2.45, 2.75) is 21.3 Å². The van der Waals surface area contributed by atoms with Gasteiger partial charge in [0.15, 0.2) is 0 Å². The third-order valence-electron chi connectivity index (χ3n) is 5.11. The molecule has 0 aromatic heterocycles. The van der Waals surface area contributed by atoms with Crippen LogP contribution < -0.4 is 0 Å². The van der Waals surface area contributed by atoms with Crippen LogP contribution in [-0.2, 0) is 35.1 Å². The van der Waals surface area contributed by atoms with Crippen molar-refractivity contribution in [3.8, 4) is 0 Å². The van der Waals surface area contributed by atoms with Crippen LogP contribution in [0.1, 0.15) is 11.1 Å². The van der Waals surface area contributed by atoms with E-state index in [0.717, 1.165) is 11.5 Å². The summed E-state index contributed by atoms with van der Waals surface area (Å²) in [6.07, 6.45) is 17.3. The minimum absolute atomic E-state index is 0.931. The van der Waals surface area contributed by atoms with Gasteiger partial charge in [0.2, 0.25) is 0 Å². The van der Waals surface area contributed by atoms with Crippen LogP contribution in [0.15, 0.2) is 105 Å². The lowest BCUT2D eigenvalue weighted by Gasteiger charge is -2.27. The largest absolute Gasteiger partial charge is 0.105 e. The Balaban J connectivity index is 1.62. The molecule has 0 fully saturated rings. The molecule has 2 aliphatic carbocycles. The van der Waals surface area contributed by atoms with Crippen molar-refractivity contribution in [2.24, 2.45) is 0 Å². The lowest BCUT2D eigenvalue weighted by Crippen LogP contribution is -1.92. The Hall–Kier alpha value is 0.1000. The molecule has 2 atom stereocenters. The van der Waals surface area contributed by atoms with E-state index in [-0.39, 0.29) is 0 Å². The van der Waals surface area contributed by atoms with E-state index >= 15 is 0 Å². The molecule has 0 saturated heterocycles. The third-order valence-corrected chi connectivity index (χ3v) is 26.0. The summed E-state index contributed by atoms with van der Waals surface area (Å²) in [7, 11) is 0. The smallest absolute Gasteiger partial charge is 0.0896 e. The highest BCUT2D eigenvalue weighted by molar-refractivity contribution is 9.02. The fourth-order valence-electron chi connectivity index (χ4n) is 3.41. The molecule has 0 spiro atoms. The summed E-state index contributed by atoms with van der Waals surface area (Å²) in [6.45, 7) is 0. The lowest BCUT2D eigenvalue weighted by atomic mass is 10.1. The van der Waals surface area contributed by atoms with E-state index in [1.807, 2.05) is 45.5 Å². The lowest BCUT2D eigenvalue weighted by molar-refractivity contribution is 1.27. The molecule has 0 unspecified atom stereocenters. The fourth-order valence-corrected chi connectivity index (χ4v) is 22.1. The van der Waals surface area contributed by atoms with Crippen molar-refractivity contribution in [1.29, 1.82) is 0 Å². The van der Waals surface area contributed by atoms with Gasteiger partial charge in [-0.05, 0) is 23.3 Å². The molecule has 2 aromatic carbocycles. The monoisotopic (exact) mass is 562 g/mol. The predicted octanol–water partition coefficient (Wildman–Crippen LogP) is 9.99. The van der Waals surface area contributed by atoms with Crippen LogP contribution in [0.5, 0.6) is 0 Å². The summed E-state index contributed by atoms with van der Waals surface area (Å²) in [5.74, 6) is 1.86. The van der Waals surface area contributed by atoms with Crippen molar-refractivity contribution in [2.75, 3.05) is 0 Å². The fraction of sp³-hybridized carbons (Fsp3) is 0.0833. The van der Waals surface area contributed by atoms with E-state index in [9.17, 15) is 0 Å². The minimum Gasteiger partial charge on any atom is -0.105 e. The second-order valence-electron chi connectivity index (χ2n) is 7.23. The van der Waals surface area contributed by atoms with Gasteiger partial charge in [0, 0.05) is 44.8 Å². The summed E-state index contributed by atoms with van der Waals surface area (Å²) in [5, 5.41) is 2.59. The van der Waals surface area contributed by atoms with Gasteiger partial charge < -0.3 is 0 Å². The number of fused-ring (bicyclic) bond motifs is 2. The van der Waals surface area contributed by atoms with Crippen LogP contribution in [0.2, 0.25) is 0 Å². The van der Waals surface area contributed by atoms with Crippen molar-refractivity contribution in [3.05, 3.63) is 120 Å². The van der Waals surface area contributed by atoms with E-state index in [0.29, 0.717) is 0 Å². The molecule has 0 amide bonds. The molecule has 3 aliphatic rings. The molecule has 8 heteroatoms. The molecule has 0 bridgehead atoms. The molecular formula is C24H20P2S6. The highest BCUT2D eigenvalue weighted by atomic mass is 33.2.